The summed E-state index contributed by atoms with van der Waals surface area (Å²) in [7, 11) is 0. The zero-order valence-corrected chi connectivity index (χ0v) is 11.8. The summed E-state index contributed by atoms with van der Waals surface area (Å²) >= 11 is 3.50. The summed E-state index contributed by atoms with van der Waals surface area (Å²) in [5, 5.41) is 0. The van der Waals surface area contributed by atoms with Crippen LogP contribution >= 0.6 is 15.9 Å². The fraction of sp³-hybridized carbons (Fsp3) is 0.462. The largest absolute Gasteiger partial charge is 0.398 e. The molecule has 1 heterocycles. The Labute approximate surface area is 115 Å². The molecule has 0 radical (unpaired) electrons. The number of nitrogens with two attached hydrogens (primary N) is 2. The number of carbonyl (C=O) groups excluding carboxylic acids is 1. The average Bonchev–Trinajstić information content (AvgIpc) is 2.35. The van der Waals surface area contributed by atoms with Crippen molar-refractivity contribution < 1.29 is 4.79 Å². The van der Waals surface area contributed by atoms with Crippen LogP contribution in [-0.2, 0) is 11.3 Å². The number of nitrogen functional groups attached to an aromatic ring is 1. The molecule has 1 aliphatic rings. The van der Waals surface area contributed by atoms with Crippen LogP contribution in [0.1, 0.15) is 24.8 Å². The number of hydrogen-bond acceptors (Lipinski definition) is 3. The first-order chi connectivity index (χ1) is 8.59. The molecular formula is C13H18BrN3O. The maximum atomic E-state index is 11.5. The van der Waals surface area contributed by atoms with Crippen LogP contribution in [0, 0.1) is 0 Å². The van der Waals surface area contributed by atoms with Gasteiger partial charge in [-0.1, -0.05) is 18.6 Å². The van der Waals surface area contributed by atoms with Crippen molar-refractivity contribution in [2.75, 3.05) is 12.3 Å². The standard InChI is InChI=1S/C13H18BrN3O/c14-12-9(4-3-5-10(12)15)8-17-7-2-1-6-11(17)13(16)18/h3-5,11H,1-2,6-8,15H2,(H2,16,18). The van der Waals surface area contributed by atoms with Gasteiger partial charge in [0.1, 0.15) is 0 Å². The lowest BCUT2D eigenvalue weighted by Crippen LogP contribution is -2.47. The highest BCUT2D eigenvalue weighted by atomic mass is 79.9. The van der Waals surface area contributed by atoms with Crippen molar-refractivity contribution in [2.24, 2.45) is 5.73 Å². The van der Waals surface area contributed by atoms with Crippen LogP contribution < -0.4 is 11.5 Å². The number of halogens is 1. The van der Waals surface area contributed by atoms with Crippen LogP contribution in [0.5, 0.6) is 0 Å². The van der Waals surface area contributed by atoms with E-state index in [2.05, 4.69) is 20.8 Å². The molecular weight excluding hydrogens is 294 g/mol. The first-order valence-corrected chi connectivity index (χ1v) is 6.95. The Morgan fingerprint density at radius 1 is 1.44 bits per heavy atom. The quantitative estimate of drug-likeness (QED) is 0.837. The second kappa shape index (κ2) is 5.71. The van der Waals surface area contributed by atoms with Gasteiger partial charge in [0.25, 0.3) is 0 Å². The van der Waals surface area contributed by atoms with E-state index in [9.17, 15) is 4.79 Å². The third-order valence-corrected chi connectivity index (χ3v) is 4.39. The van der Waals surface area contributed by atoms with Crippen molar-refractivity contribution in [1.29, 1.82) is 0 Å². The van der Waals surface area contributed by atoms with Gasteiger partial charge >= 0.3 is 0 Å². The van der Waals surface area contributed by atoms with Gasteiger partial charge in [-0.3, -0.25) is 9.69 Å². The minimum atomic E-state index is -0.227. The van der Waals surface area contributed by atoms with Crippen LogP contribution in [0.4, 0.5) is 5.69 Å². The van der Waals surface area contributed by atoms with Gasteiger partial charge in [0, 0.05) is 16.7 Å². The fourth-order valence-electron chi connectivity index (χ4n) is 2.44. The molecule has 1 amide bonds. The van der Waals surface area contributed by atoms with Crippen molar-refractivity contribution in [3.05, 3.63) is 28.2 Å². The first kappa shape index (κ1) is 13.4. The van der Waals surface area contributed by atoms with Crippen molar-refractivity contribution in [2.45, 2.75) is 31.8 Å². The molecule has 98 valence electrons. The molecule has 2 rings (SSSR count). The number of benzene rings is 1. The molecule has 1 unspecified atom stereocenters. The summed E-state index contributed by atoms with van der Waals surface area (Å²) in [6.45, 7) is 1.62. The zero-order valence-electron chi connectivity index (χ0n) is 10.2. The van der Waals surface area contributed by atoms with Crippen molar-refractivity contribution >= 4 is 27.5 Å². The van der Waals surface area contributed by atoms with Crippen molar-refractivity contribution in [1.82, 2.24) is 4.90 Å². The number of likely N-dealkylation sites (tertiary alicyclic amines) is 1. The predicted octanol–water partition coefficient (Wildman–Crippen LogP) is 1.87. The Morgan fingerprint density at radius 3 is 2.94 bits per heavy atom. The summed E-state index contributed by atoms with van der Waals surface area (Å²) in [6.07, 6.45) is 3.04. The highest BCUT2D eigenvalue weighted by Crippen LogP contribution is 2.27. The second-order valence-corrected chi connectivity index (χ2v) is 5.50. The Balaban J connectivity index is 2.16. The number of nitrogens with zero attached hydrogens (tertiary/aromatic N) is 1. The van der Waals surface area contributed by atoms with Gasteiger partial charge < -0.3 is 11.5 Å². The molecule has 1 aliphatic heterocycles. The lowest BCUT2D eigenvalue weighted by molar-refractivity contribution is -0.124. The van der Waals surface area contributed by atoms with Gasteiger partial charge in [-0.05, 0) is 46.9 Å². The van der Waals surface area contributed by atoms with Crippen molar-refractivity contribution in [3.8, 4) is 0 Å². The number of anilines is 1. The van der Waals surface area contributed by atoms with E-state index in [4.69, 9.17) is 11.5 Å². The SMILES string of the molecule is NC(=O)C1CCCCN1Cc1cccc(N)c1Br. The normalized spacial score (nSPS) is 20.8. The molecule has 0 aromatic heterocycles. The Kier molecular flexibility index (Phi) is 4.24. The number of hydrogen-bond donors (Lipinski definition) is 2. The van der Waals surface area contributed by atoms with Gasteiger partial charge in [0.15, 0.2) is 0 Å². The molecule has 1 saturated heterocycles. The van der Waals surface area contributed by atoms with Crippen LogP contribution in [0.25, 0.3) is 0 Å². The van der Waals surface area contributed by atoms with Gasteiger partial charge in [-0.15, -0.1) is 0 Å². The number of carbonyl (C=O) groups is 1. The highest BCUT2D eigenvalue weighted by Gasteiger charge is 2.27. The molecule has 18 heavy (non-hydrogen) atoms. The zero-order chi connectivity index (χ0) is 13.1. The van der Waals surface area contributed by atoms with Crippen molar-refractivity contribution in [3.63, 3.8) is 0 Å². The van der Waals surface area contributed by atoms with E-state index >= 15 is 0 Å². The van der Waals surface area contributed by atoms with Crippen LogP contribution in [-0.4, -0.2) is 23.4 Å². The molecule has 1 aromatic carbocycles. The minimum absolute atomic E-state index is 0.146. The maximum Gasteiger partial charge on any atom is 0.234 e. The molecule has 4 nitrogen and oxygen atoms in total. The molecule has 0 bridgehead atoms. The molecule has 1 fully saturated rings. The topological polar surface area (TPSA) is 72.4 Å². The van der Waals surface area contributed by atoms with Gasteiger partial charge in [0.2, 0.25) is 5.91 Å². The maximum absolute atomic E-state index is 11.5. The lowest BCUT2D eigenvalue weighted by Gasteiger charge is -2.33. The monoisotopic (exact) mass is 311 g/mol. The number of primary amides is 1. The summed E-state index contributed by atoms with van der Waals surface area (Å²) < 4.78 is 0.916. The fourth-order valence-corrected chi connectivity index (χ4v) is 2.83. The average molecular weight is 312 g/mol. The van der Waals surface area contributed by atoms with Crippen LogP contribution in [0.3, 0.4) is 0 Å². The third-order valence-electron chi connectivity index (χ3n) is 3.42. The van der Waals surface area contributed by atoms with E-state index in [0.717, 1.165) is 41.5 Å². The summed E-state index contributed by atoms with van der Waals surface area (Å²) in [5.74, 6) is -0.227. The van der Waals surface area contributed by atoms with E-state index in [1.54, 1.807) is 0 Å². The number of amides is 1. The lowest BCUT2D eigenvalue weighted by atomic mass is 10.0. The molecule has 0 aliphatic carbocycles. The van der Waals surface area contributed by atoms with E-state index in [0.29, 0.717) is 6.54 Å². The summed E-state index contributed by atoms with van der Waals surface area (Å²) in [6, 6.07) is 5.66. The van der Waals surface area contributed by atoms with E-state index in [1.165, 1.54) is 0 Å². The molecule has 0 saturated carbocycles. The van der Waals surface area contributed by atoms with Gasteiger partial charge in [0.05, 0.1) is 6.04 Å². The van der Waals surface area contributed by atoms with E-state index in [1.807, 2.05) is 18.2 Å². The Hall–Kier alpha value is -1.07. The first-order valence-electron chi connectivity index (χ1n) is 6.16. The number of piperidine rings is 1. The highest BCUT2D eigenvalue weighted by molar-refractivity contribution is 9.10. The number of rotatable bonds is 3. The third kappa shape index (κ3) is 2.84. The van der Waals surface area contributed by atoms with Crippen LogP contribution in [0.2, 0.25) is 0 Å². The Bertz CT molecular complexity index is 450. The van der Waals surface area contributed by atoms with E-state index < -0.39 is 0 Å². The molecule has 4 N–H and O–H groups in total. The predicted molar refractivity (Wildman–Crippen MR) is 75.8 cm³/mol. The smallest absolute Gasteiger partial charge is 0.234 e. The van der Waals surface area contributed by atoms with Gasteiger partial charge in [-0.25, -0.2) is 0 Å². The van der Waals surface area contributed by atoms with Crippen LogP contribution in [0.15, 0.2) is 22.7 Å². The summed E-state index contributed by atoms with van der Waals surface area (Å²) in [5.41, 5.74) is 13.1. The van der Waals surface area contributed by atoms with E-state index in [-0.39, 0.29) is 11.9 Å². The minimum Gasteiger partial charge on any atom is -0.398 e. The summed E-state index contributed by atoms with van der Waals surface area (Å²) in [4.78, 5) is 13.6. The molecule has 5 heteroatoms. The molecule has 1 atom stereocenters. The second-order valence-electron chi connectivity index (χ2n) is 4.70. The molecule has 1 aromatic rings. The van der Waals surface area contributed by atoms with Gasteiger partial charge in [-0.2, -0.15) is 0 Å². The molecule has 0 spiro atoms. The Morgan fingerprint density at radius 2 is 2.22 bits per heavy atom.